The number of fused-ring (bicyclic) bond motifs is 7. The van der Waals surface area contributed by atoms with Crippen LogP contribution in [0, 0.1) is 34.5 Å². The molecule has 3 aliphatic heterocycles. The fourth-order valence-corrected chi connectivity index (χ4v) is 16.4. The molecule has 3 heterocycles. The second kappa shape index (κ2) is 21.8. The first-order valence-electron chi connectivity index (χ1n) is 27.9. The Morgan fingerprint density at radius 3 is 2.23 bits per heavy atom. The number of aliphatic hydroxyl groups is 2. The minimum atomic E-state index is -4.45. The minimum absolute atomic E-state index is 0.0306. The quantitative estimate of drug-likeness (QED) is 0.0233. The van der Waals surface area contributed by atoms with Crippen LogP contribution in [0.2, 0.25) is 0 Å². The van der Waals surface area contributed by atoms with Crippen molar-refractivity contribution in [3.63, 3.8) is 0 Å². The zero-order chi connectivity index (χ0) is 56.2. The molecule has 2 aromatic rings. The average Bonchev–Trinajstić information content (AvgIpc) is 4.08. The molecule has 2 aromatic carbocycles. The van der Waals surface area contributed by atoms with Crippen molar-refractivity contribution in [3.05, 3.63) is 95.3 Å². The molecule has 17 nitrogen and oxygen atoms in total. The Balaban J connectivity index is 0.719. The van der Waals surface area contributed by atoms with Crippen LogP contribution in [0.1, 0.15) is 136 Å². The van der Waals surface area contributed by atoms with Gasteiger partial charge < -0.3 is 35.6 Å². The first-order valence-corrected chi connectivity index (χ1v) is 30.8. The van der Waals surface area contributed by atoms with Crippen LogP contribution in [-0.4, -0.2) is 115 Å². The van der Waals surface area contributed by atoms with E-state index in [2.05, 4.69) is 27.4 Å². The summed E-state index contributed by atoms with van der Waals surface area (Å²) in [6.07, 6.45) is 20.0. The number of amides is 2. The van der Waals surface area contributed by atoms with Crippen molar-refractivity contribution in [2.24, 2.45) is 34.5 Å². The Labute approximate surface area is 459 Å². The number of nitrogens with zero attached hydrogens (tertiary/aromatic N) is 1. The molecule has 0 radical (unpaired) electrons. The zero-order valence-corrected chi connectivity index (χ0v) is 47.5. The summed E-state index contributed by atoms with van der Waals surface area (Å²) in [6.45, 7) is 13.5. The van der Waals surface area contributed by atoms with Gasteiger partial charge in [-0.25, -0.2) is 4.79 Å². The summed E-state index contributed by atoms with van der Waals surface area (Å²) < 4.78 is 81.1. The molecule has 7 N–H and O–H groups in total. The maximum absolute atomic E-state index is 12.9. The Morgan fingerprint density at radius 2 is 1.54 bits per heavy atom. The SMILES string of the molecule is CCC12CCC(OCC(=O)NCCNC(=O)CCCCC[N+]3=C(C=CC=CC=C4Nc5ccc(S(=O)(=O)O)cc5C4(C)C)C(C)(C)c4cc(S(=O)(=O)O)ccc43)CC1CCC1C2CC(O)C2(C)C(C3=CC(=O)OC3)CCC12O. The number of benzene rings is 2. The summed E-state index contributed by atoms with van der Waals surface area (Å²) in [5.74, 6) is -0.206. The molecule has 9 rings (SSSR count). The number of allylic oxidation sites excluding steroid dienone is 6. The van der Waals surface area contributed by atoms with Crippen LogP contribution in [0.15, 0.2) is 93.9 Å². The van der Waals surface area contributed by atoms with E-state index in [0.717, 1.165) is 97.3 Å². The molecular formula is C59H79N4O13S2+. The van der Waals surface area contributed by atoms with Gasteiger partial charge in [0, 0.05) is 71.9 Å². The van der Waals surface area contributed by atoms with Gasteiger partial charge in [-0.1, -0.05) is 45.9 Å². The van der Waals surface area contributed by atoms with Crippen LogP contribution < -0.4 is 16.0 Å². The third kappa shape index (κ3) is 10.6. The van der Waals surface area contributed by atoms with Crippen LogP contribution in [0.4, 0.5) is 11.4 Å². The molecule has 4 fully saturated rings. The lowest BCUT2D eigenvalue weighted by Crippen LogP contribution is -2.67. The summed E-state index contributed by atoms with van der Waals surface area (Å²) in [6, 6.07) is 9.10. The first-order chi connectivity index (χ1) is 36.8. The predicted molar refractivity (Wildman–Crippen MR) is 294 cm³/mol. The molecule has 0 saturated heterocycles. The van der Waals surface area contributed by atoms with Crippen molar-refractivity contribution in [1.29, 1.82) is 0 Å². The van der Waals surface area contributed by atoms with E-state index in [9.17, 15) is 50.5 Å². The maximum Gasteiger partial charge on any atom is 0.331 e. The average molecular weight is 1120 g/mol. The molecule has 0 bridgehead atoms. The Bertz CT molecular complexity index is 3110. The molecular weight excluding hydrogens is 1040 g/mol. The zero-order valence-electron chi connectivity index (χ0n) is 45.8. The number of cyclic esters (lactones) is 1. The lowest BCUT2D eigenvalue weighted by Gasteiger charge is -2.65. The number of hydrogen-bond donors (Lipinski definition) is 7. The molecule has 2 amide bonds. The van der Waals surface area contributed by atoms with Gasteiger partial charge >= 0.3 is 5.97 Å². The fraction of sp³-hybridized carbons (Fsp3) is 0.593. The molecule has 7 aliphatic rings. The number of carbonyl (C=O) groups is 3. The van der Waals surface area contributed by atoms with Crippen LogP contribution in [0.5, 0.6) is 0 Å². The van der Waals surface area contributed by atoms with Gasteiger partial charge in [-0.05, 0) is 161 Å². The van der Waals surface area contributed by atoms with Crippen molar-refractivity contribution in [2.75, 3.05) is 38.2 Å². The monoisotopic (exact) mass is 1120 g/mol. The smallest absolute Gasteiger partial charge is 0.331 e. The molecule has 0 spiro atoms. The number of rotatable bonds is 19. The summed E-state index contributed by atoms with van der Waals surface area (Å²) in [4.78, 5) is 37.4. The summed E-state index contributed by atoms with van der Waals surface area (Å²) in [7, 11) is -8.81. The third-order valence-corrected chi connectivity index (χ3v) is 21.4. The molecule has 9 unspecified atom stereocenters. The lowest BCUT2D eigenvalue weighted by molar-refractivity contribution is -0.438. The van der Waals surface area contributed by atoms with Gasteiger partial charge in [-0.3, -0.25) is 18.7 Å². The van der Waals surface area contributed by atoms with Crippen LogP contribution in [0.25, 0.3) is 0 Å². The van der Waals surface area contributed by atoms with Gasteiger partial charge in [-0.2, -0.15) is 21.4 Å². The molecule has 424 valence electrons. The van der Waals surface area contributed by atoms with E-state index in [1.807, 2.05) is 65.0 Å². The largest absolute Gasteiger partial charge is 0.458 e. The number of anilines is 1. The van der Waals surface area contributed by atoms with Crippen molar-refractivity contribution in [3.8, 4) is 0 Å². The first kappa shape index (κ1) is 57.7. The van der Waals surface area contributed by atoms with Crippen LogP contribution in [-0.2, 0) is 54.9 Å². The Morgan fingerprint density at radius 1 is 0.833 bits per heavy atom. The summed E-state index contributed by atoms with van der Waals surface area (Å²) in [5.41, 5.74) is 2.70. The number of ether oxygens (including phenoxy) is 2. The van der Waals surface area contributed by atoms with E-state index < -0.39 is 48.2 Å². The van der Waals surface area contributed by atoms with E-state index in [0.29, 0.717) is 38.1 Å². The number of esters is 1. The van der Waals surface area contributed by atoms with Gasteiger partial charge in [0.2, 0.25) is 17.5 Å². The lowest BCUT2D eigenvalue weighted by atomic mass is 9.41. The molecule has 0 aromatic heterocycles. The number of hydrogen-bond acceptors (Lipinski definition) is 12. The number of nitrogens with one attached hydrogen (secondary N) is 3. The van der Waals surface area contributed by atoms with E-state index >= 15 is 0 Å². The predicted octanol–water partition coefficient (Wildman–Crippen LogP) is 7.75. The van der Waals surface area contributed by atoms with E-state index in [4.69, 9.17) is 9.47 Å². The number of carbonyl (C=O) groups excluding carboxylic acids is 3. The topological polar surface area (TPSA) is 258 Å². The van der Waals surface area contributed by atoms with Gasteiger partial charge in [0.05, 0.1) is 33.0 Å². The maximum atomic E-state index is 12.9. The van der Waals surface area contributed by atoms with Gasteiger partial charge in [0.1, 0.15) is 19.8 Å². The molecule has 4 saturated carbocycles. The molecule has 78 heavy (non-hydrogen) atoms. The highest BCUT2D eigenvalue weighted by atomic mass is 32.2. The number of aliphatic hydroxyl groups excluding tert-OH is 1. The normalized spacial score (nSPS) is 31.3. The molecule has 19 heteroatoms. The standard InChI is InChI=1S/C59H78N4O13S2/c1-7-58-25-23-39(31-38(58)17-20-43-44(58)34-51(64)57(6)42(24-26-59(43,57)68)37-30-54(67)76-35-37)75-36-53(66)61-28-27-60-52(65)16-12-9-13-29-63-48-22-19-41(78(72,73)74)33-46(48)56(4,5)50(63)15-11-8-10-14-49-55(2,3)45-32-40(77(69,70)71)18-21-47(45)62-49/h8,10-11,14-15,18-19,21-22,30,32-33,38-39,42-44,51,64,68H,7,9,12-13,16-17,20,23-29,31,34-36H2,1-6H3,(H4,60,61,65,66,69,70,71,72,73,74)/p+1. The van der Waals surface area contributed by atoms with Crippen LogP contribution >= 0.6 is 0 Å². The van der Waals surface area contributed by atoms with E-state index in [-0.39, 0.29) is 83.2 Å². The van der Waals surface area contributed by atoms with Gasteiger partial charge in [-0.15, -0.1) is 0 Å². The highest BCUT2D eigenvalue weighted by Gasteiger charge is 2.71. The van der Waals surface area contributed by atoms with Crippen molar-refractivity contribution in [1.82, 2.24) is 10.6 Å². The third-order valence-electron chi connectivity index (χ3n) is 19.7. The highest BCUT2D eigenvalue weighted by molar-refractivity contribution is 7.86. The molecule has 9 atom stereocenters. The fourth-order valence-electron chi connectivity index (χ4n) is 15.4. The summed E-state index contributed by atoms with van der Waals surface area (Å²) in [5, 5.41) is 33.7. The highest BCUT2D eigenvalue weighted by Crippen LogP contribution is 2.70. The second-order valence-corrected chi connectivity index (χ2v) is 27.1. The molecule has 4 aliphatic carbocycles. The van der Waals surface area contributed by atoms with Gasteiger partial charge in [0.15, 0.2) is 5.71 Å². The van der Waals surface area contributed by atoms with E-state index in [1.54, 1.807) is 18.2 Å². The van der Waals surface area contributed by atoms with Crippen molar-refractivity contribution >= 4 is 55.1 Å². The minimum Gasteiger partial charge on any atom is -0.458 e. The van der Waals surface area contributed by atoms with Crippen molar-refractivity contribution < 1.29 is 64.6 Å². The van der Waals surface area contributed by atoms with Crippen LogP contribution in [0.3, 0.4) is 0 Å². The Hall–Kier alpha value is -5.02. The second-order valence-electron chi connectivity index (χ2n) is 24.2. The van der Waals surface area contributed by atoms with E-state index in [1.165, 1.54) is 24.3 Å². The Kier molecular flexibility index (Phi) is 16.1. The number of unbranched alkanes of at least 4 members (excludes halogenated alkanes) is 2. The summed E-state index contributed by atoms with van der Waals surface area (Å²) >= 11 is 0. The van der Waals surface area contributed by atoms with Gasteiger partial charge in [0.25, 0.3) is 20.2 Å². The van der Waals surface area contributed by atoms with Crippen molar-refractivity contribution in [2.45, 2.75) is 163 Å².